The second kappa shape index (κ2) is 17.8. The maximum atomic E-state index is 13.6. The molecule has 0 spiro atoms. The third kappa shape index (κ3) is 8.11. The Morgan fingerprint density at radius 1 is 1.13 bits per heavy atom. The average Bonchev–Trinajstić information content (AvgIpc) is 3.08. The fourth-order valence-electron chi connectivity index (χ4n) is 7.62. The maximum absolute atomic E-state index is 13.6. The number of nitrogens with zero attached hydrogens (tertiary/aromatic N) is 2. The first-order chi connectivity index (χ1) is 22.9. The number of aromatic hydroxyl groups is 1. The lowest BCUT2D eigenvalue weighted by Gasteiger charge is -2.59. The molecule has 0 aromatic heterocycles. The summed E-state index contributed by atoms with van der Waals surface area (Å²) < 4.78 is 24.6. The van der Waals surface area contributed by atoms with Gasteiger partial charge < -0.3 is 44.2 Å². The summed E-state index contributed by atoms with van der Waals surface area (Å²) in [6.45, 7) is 6.67. The van der Waals surface area contributed by atoms with Crippen molar-refractivity contribution < 1.29 is 49.0 Å². The molecule has 262 valence electrons. The van der Waals surface area contributed by atoms with Crippen molar-refractivity contribution in [2.24, 2.45) is 22.9 Å². The predicted molar refractivity (Wildman–Crippen MR) is 175 cm³/mol. The van der Waals surface area contributed by atoms with Gasteiger partial charge in [0.15, 0.2) is 0 Å². The minimum Gasteiger partial charge on any atom is -0.508 e. The fourth-order valence-corrected chi connectivity index (χ4v) is 7.62. The topological polar surface area (TPSA) is 160 Å². The molecule has 1 aromatic carbocycles. The molecule has 3 aliphatic rings. The first-order valence-electron chi connectivity index (χ1n) is 16.8. The van der Waals surface area contributed by atoms with Gasteiger partial charge in [-0.3, -0.25) is 4.90 Å². The number of ether oxygens (including phenoxy) is 4. The number of oxime groups is 1. The van der Waals surface area contributed by atoms with E-state index in [1.807, 2.05) is 6.92 Å². The van der Waals surface area contributed by atoms with Gasteiger partial charge in [-0.1, -0.05) is 30.1 Å². The van der Waals surface area contributed by atoms with E-state index in [-0.39, 0.29) is 76.1 Å². The van der Waals surface area contributed by atoms with Gasteiger partial charge in [-0.05, 0) is 68.2 Å². The number of phenolic OH excluding ortho intramolecular Hbond substituents is 1. The van der Waals surface area contributed by atoms with E-state index in [9.17, 15) is 25.2 Å². The number of allylic oxidation sites excluding steroid dienone is 1. The highest BCUT2D eigenvalue weighted by molar-refractivity contribution is 6.02. The number of fused-ring (bicyclic) bond motifs is 2. The van der Waals surface area contributed by atoms with Crippen molar-refractivity contribution in [3.8, 4) is 11.5 Å². The van der Waals surface area contributed by atoms with Crippen molar-refractivity contribution in [3.05, 3.63) is 48.1 Å². The van der Waals surface area contributed by atoms with Crippen molar-refractivity contribution in [2.45, 2.75) is 69.6 Å². The van der Waals surface area contributed by atoms with E-state index in [0.717, 1.165) is 36.8 Å². The van der Waals surface area contributed by atoms with Crippen LogP contribution in [0.5, 0.6) is 11.5 Å². The molecule has 1 saturated carbocycles. The number of phenols is 1. The van der Waals surface area contributed by atoms with Gasteiger partial charge in [0.1, 0.15) is 24.1 Å². The molecule has 0 radical (unpaired) electrons. The highest BCUT2D eigenvalue weighted by Gasteiger charge is 2.65. The molecule has 4 rings (SSSR count). The minimum atomic E-state index is -1.42. The number of benzene rings is 1. The van der Waals surface area contributed by atoms with Crippen LogP contribution in [0.4, 0.5) is 4.79 Å². The van der Waals surface area contributed by atoms with E-state index >= 15 is 0 Å². The zero-order valence-corrected chi connectivity index (χ0v) is 27.7. The van der Waals surface area contributed by atoms with Crippen molar-refractivity contribution in [1.82, 2.24) is 4.90 Å². The number of aliphatic hydroxyl groups excluding tert-OH is 3. The first-order valence-corrected chi connectivity index (χ1v) is 16.8. The molecule has 1 aromatic rings. The number of aliphatic hydroxyl groups is 3. The molecule has 1 fully saturated rings. The Kier molecular flexibility index (Phi) is 13.9. The number of rotatable bonds is 19. The van der Waals surface area contributed by atoms with Gasteiger partial charge >= 0.3 is 6.09 Å². The molecule has 1 amide bonds. The molecule has 2 aliphatic carbocycles. The molecule has 12 heteroatoms. The van der Waals surface area contributed by atoms with Crippen LogP contribution < -0.4 is 4.74 Å². The van der Waals surface area contributed by atoms with Crippen LogP contribution in [-0.2, 0) is 19.0 Å². The molecule has 0 saturated heterocycles. The van der Waals surface area contributed by atoms with Crippen LogP contribution >= 0.6 is 0 Å². The Bertz CT molecular complexity index is 1240. The monoisotopic (exact) mass is 660 g/mol. The van der Waals surface area contributed by atoms with Crippen molar-refractivity contribution in [2.75, 3.05) is 59.9 Å². The van der Waals surface area contributed by atoms with Gasteiger partial charge in [0.25, 0.3) is 0 Å². The van der Waals surface area contributed by atoms with Crippen molar-refractivity contribution in [3.63, 3.8) is 0 Å². The molecule has 6 unspecified atom stereocenters. The number of amides is 1. The van der Waals surface area contributed by atoms with E-state index in [2.05, 4.69) is 17.8 Å². The Balaban J connectivity index is 1.98. The summed E-state index contributed by atoms with van der Waals surface area (Å²) in [6.07, 6.45) is 8.10. The molecule has 0 bridgehead atoms. The van der Waals surface area contributed by atoms with E-state index in [0.29, 0.717) is 30.9 Å². The summed E-state index contributed by atoms with van der Waals surface area (Å²) in [5, 5.41) is 44.0. The van der Waals surface area contributed by atoms with Gasteiger partial charge in [-0.2, -0.15) is 0 Å². The summed E-state index contributed by atoms with van der Waals surface area (Å²) in [4.78, 5) is 20.8. The number of hydrogen-bond donors (Lipinski definition) is 4. The van der Waals surface area contributed by atoms with Crippen LogP contribution in [-0.4, -0.2) is 109 Å². The largest absolute Gasteiger partial charge is 0.508 e. The minimum absolute atomic E-state index is 0.0525. The second-order valence-corrected chi connectivity index (χ2v) is 12.2. The van der Waals surface area contributed by atoms with Crippen molar-refractivity contribution in [1.29, 1.82) is 0 Å². The van der Waals surface area contributed by atoms with Crippen LogP contribution in [0.3, 0.4) is 0 Å². The van der Waals surface area contributed by atoms with Crippen LogP contribution in [0.1, 0.15) is 63.4 Å². The Labute approximate surface area is 277 Å². The number of carbonyl (C=O) groups is 1. The van der Waals surface area contributed by atoms with E-state index in [4.69, 9.17) is 23.8 Å². The van der Waals surface area contributed by atoms with Gasteiger partial charge in [-0.25, -0.2) is 4.79 Å². The maximum Gasteiger partial charge on any atom is 0.410 e. The summed E-state index contributed by atoms with van der Waals surface area (Å²) >= 11 is 0. The van der Waals surface area contributed by atoms with Crippen molar-refractivity contribution >= 4 is 11.8 Å². The molecular weight excluding hydrogens is 608 g/mol. The predicted octanol–water partition coefficient (Wildman–Crippen LogP) is 4.12. The number of hydrogen-bond acceptors (Lipinski definition) is 11. The molecule has 12 nitrogen and oxygen atoms in total. The lowest BCUT2D eigenvalue weighted by atomic mass is 9.55. The zero-order chi connectivity index (χ0) is 33.8. The van der Waals surface area contributed by atoms with Gasteiger partial charge in [0, 0.05) is 37.7 Å². The lowest BCUT2D eigenvalue weighted by Crippen LogP contribution is -2.70. The summed E-state index contributed by atoms with van der Waals surface area (Å²) in [7, 11) is 1.32. The molecule has 1 heterocycles. The van der Waals surface area contributed by atoms with Crippen LogP contribution in [0.2, 0.25) is 0 Å². The Morgan fingerprint density at radius 3 is 2.57 bits per heavy atom. The normalized spacial score (nSPS) is 26.9. The summed E-state index contributed by atoms with van der Waals surface area (Å²) in [6, 6.07) is 4.34. The summed E-state index contributed by atoms with van der Waals surface area (Å²) in [5.74, 6) is -1.32. The second-order valence-electron chi connectivity index (χ2n) is 12.2. The first kappa shape index (κ1) is 36.7. The van der Waals surface area contributed by atoms with E-state index in [1.165, 1.54) is 7.11 Å². The average molecular weight is 661 g/mol. The quantitative estimate of drug-likeness (QED) is 0.0966. The molecule has 47 heavy (non-hydrogen) atoms. The molecule has 4 N–H and O–H groups in total. The van der Waals surface area contributed by atoms with Crippen LogP contribution in [0.25, 0.3) is 0 Å². The van der Waals surface area contributed by atoms with E-state index in [1.54, 1.807) is 29.2 Å². The number of unbranched alkanes of at least 4 members (excludes halogenated alkanes) is 2. The smallest absolute Gasteiger partial charge is 0.410 e. The van der Waals surface area contributed by atoms with Gasteiger partial charge in [-0.15, -0.1) is 6.58 Å². The number of carbonyl (C=O) groups excluding carboxylic acids is 1. The fraction of sp³-hybridized carbons (Fsp3) is 0.657. The van der Waals surface area contributed by atoms with E-state index < -0.39 is 23.8 Å². The highest BCUT2D eigenvalue weighted by atomic mass is 16.7. The zero-order valence-electron chi connectivity index (χ0n) is 27.7. The SMILES string of the molecule is C=CCOC12Oc3ccc(O)cc3C3C(CCCCO)C(CCCCO)C=C(C(=NOCC)CC1N(CCOCCO)C(=O)OC)C32. The third-order valence-electron chi connectivity index (χ3n) is 9.46. The van der Waals surface area contributed by atoms with Crippen LogP contribution in [0.15, 0.2) is 47.7 Å². The highest BCUT2D eigenvalue weighted by Crippen LogP contribution is 2.61. The Morgan fingerprint density at radius 2 is 1.89 bits per heavy atom. The lowest BCUT2D eigenvalue weighted by molar-refractivity contribution is -0.255. The Hall–Kier alpha value is -3.16. The third-order valence-corrected chi connectivity index (χ3v) is 9.46. The van der Waals surface area contributed by atoms with Gasteiger partial charge in [0.2, 0.25) is 5.79 Å². The van der Waals surface area contributed by atoms with Gasteiger partial charge in [0.05, 0.1) is 45.2 Å². The standard InChI is InChI=1S/C35H52N2O10/c1-4-18-45-35-31(37(34(42)43-3)14-19-44-20-17-40)23-29(36-46-5-2)27-21-24(10-6-8-15-38)26(11-7-9-16-39)32(33(27)35)28-22-25(41)12-13-30(28)47-35/h4,12-13,21-22,24,26,31-33,38-41H,1,5-11,14-20,23H2,2-3H3. The molecule has 6 atom stereocenters. The molecular formula is C35H52N2O10. The summed E-state index contributed by atoms with van der Waals surface area (Å²) in [5.41, 5.74) is 2.42. The number of methoxy groups -OCH3 is 1. The van der Waals surface area contributed by atoms with Crippen LogP contribution in [0, 0.1) is 17.8 Å². The molecule has 1 aliphatic heterocycles.